The second-order valence-corrected chi connectivity index (χ2v) is 27.5. The molecular weight excluding hydrogens is 1460 g/mol. The van der Waals surface area contributed by atoms with Crippen LogP contribution in [0.3, 0.4) is 0 Å². The van der Waals surface area contributed by atoms with Gasteiger partial charge in [0.2, 0.25) is 17.6 Å². The van der Waals surface area contributed by atoms with Crippen molar-refractivity contribution in [3.05, 3.63) is 209 Å². The molecule has 0 unspecified atom stereocenters. The third-order valence-electron chi connectivity index (χ3n) is 18.1. The Labute approximate surface area is 599 Å². The van der Waals surface area contributed by atoms with Crippen molar-refractivity contribution in [2.24, 2.45) is 0 Å². The highest BCUT2D eigenvalue weighted by Gasteiger charge is 2.25. The van der Waals surface area contributed by atoms with Crippen molar-refractivity contribution in [3.8, 4) is 34.9 Å². The molecule has 3 saturated heterocycles. The van der Waals surface area contributed by atoms with Gasteiger partial charge in [-0.15, -0.1) is 0 Å². The molecule has 0 radical (unpaired) electrons. The van der Waals surface area contributed by atoms with Gasteiger partial charge in [0.1, 0.15) is 32.4 Å². The number of allylic oxidation sites excluding steroid dienone is 3. The van der Waals surface area contributed by atoms with Gasteiger partial charge < -0.3 is 60.0 Å². The molecular formula is C75H75Br3F3N15O3. The minimum Gasteiger partial charge on any atom is -0.435 e. The van der Waals surface area contributed by atoms with E-state index in [1.807, 2.05) is 93.6 Å². The second-order valence-electron chi connectivity index (χ2n) is 25.1. The van der Waals surface area contributed by atoms with Crippen molar-refractivity contribution >= 4 is 118 Å². The number of fused-ring (bicyclic) bond motifs is 3. The van der Waals surface area contributed by atoms with Gasteiger partial charge in [-0.3, -0.25) is 0 Å². The number of nitrogens with zero attached hydrogens (tertiary/aromatic N) is 11. The molecule has 0 saturated carbocycles. The first-order valence-corrected chi connectivity index (χ1v) is 35.4. The van der Waals surface area contributed by atoms with Gasteiger partial charge in [0, 0.05) is 129 Å². The quantitative estimate of drug-likeness (QED) is 0.0720. The van der Waals surface area contributed by atoms with E-state index in [-0.39, 0.29) is 52.3 Å². The number of hydrogen-bond acceptors (Lipinski definition) is 18. The number of piperazine rings is 3. The first kappa shape index (κ1) is 68.6. The molecule has 3 fully saturated rings. The maximum Gasteiger partial charge on any atom is 0.239 e. The summed E-state index contributed by atoms with van der Waals surface area (Å²) in [6.07, 6.45) is 12.1. The van der Waals surface area contributed by atoms with Crippen molar-refractivity contribution in [3.63, 3.8) is 0 Å². The molecule has 18 nitrogen and oxygen atoms in total. The van der Waals surface area contributed by atoms with Gasteiger partial charge in [0.15, 0.2) is 52.2 Å². The summed E-state index contributed by atoms with van der Waals surface area (Å²) >= 11 is 10.5. The summed E-state index contributed by atoms with van der Waals surface area (Å²) in [5.74, 6) is 1.69. The van der Waals surface area contributed by atoms with Crippen LogP contribution in [-0.4, -0.2) is 132 Å². The SMILES string of the molecule is CC1=Cc2c(ccc(Oc3ncnc(Nc4ccc(N5CCN(C)CC5)cc4)c3Br)c2F)C1.CC1=Cc2c(ccc(Oc3ncnc(Nc4ccc(N5CCNCC5)cc4)c3Br)c2F)C1.CCN1CCN(c2ccc(Nc3ncnc(Oc4ccc5c(c4F)C=C(C)C5)c3Br)cc2)CC1. The molecule has 3 aromatic heterocycles. The van der Waals surface area contributed by atoms with Crippen LogP contribution in [0.4, 0.5) is 64.7 Å². The standard InChI is InChI=1S/C26H27BrFN5O.C25H25BrFN5O.C24H23BrFN5O/c1-3-32-10-12-33(13-11-32)20-7-5-19(6-8-20)31-25-23(27)26(30-16-29-25)34-22-9-4-18-14-17(2)15-21(18)24(22)28;1-16-13-17-3-8-21(23(27)20(17)14-16)33-25-22(26)24(28-15-29-25)30-18-4-6-19(7-5-18)32-11-9-31(2)10-12-32;1-15-12-16-2-7-20(22(26)19(16)13-15)32-24-21(25)23(28-14-29-24)30-17-3-5-18(6-4-17)31-10-8-27-9-11-31/h4-9,15-16H,3,10-14H2,1-2H3,(H,29,30,31);3-8,14-15H,9-13H2,1-2H3,(H,28,29,30);2-7,13-14,27H,8-12H2,1H3,(H,28,29,30). The maximum atomic E-state index is 15.0. The third kappa shape index (κ3) is 16.2. The van der Waals surface area contributed by atoms with Crippen LogP contribution in [0.15, 0.2) is 158 Å². The molecule has 3 aliphatic heterocycles. The first-order valence-electron chi connectivity index (χ1n) is 33.1. The molecule has 9 aromatic rings. The number of anilines is 9. The van der Waals surface area contributed by atoms with Crippen LogP contribution in [0.5, 0.6) is 34.9 Å². The normalized spacial score (nSPS) is 15.7. The Balaban J connectivity index is 0.000000133. The van der Waals surface area contributed by atoms with E-state index < -0.39 is 0 Å². The molecule has 99 heavy (non-hydrogen) atoms. The lowest BCUT2D eigenvalue weighted by molar-refractivity contribution is 0.271. The average Bonchev–Trinajstić information content (AvgIpc) is 1.86. The van der Waals surface area contributed by atoms with Crippen LogP contribution < -0.4 is 50.2 Å². The van der Waals surface area contributed by atoms with Crippen LogP contribution in [-0.2, 0) is 19.3 Å². The summed E-state index contributed by atoms with van der Waals surface area (Å²) in [5.41, 5.74) is 14.4. The predicted molar refractivity (Wildman–Crippen MR) is 399 cm³/mol. The molecule has 24 heteroatoms. The Hall–Kier alpha value is -8.91. The predicted octanol–water partition coefficient (Wildman–Crippen LogP) is 16.9. The topological polar surface area (TPSA) is 169 Å². The highest BCUT2D eigenvalue weighted by molar-refractivity contribution is 9.11. The molecule has 3 aliphatic carbocycles. The minimum atomic E-state index is -0.372. The van der Waals surface area contributed by atoms with Crippen molar-refractivity contribution in [2.75, 3.05) is 123 Å². The molecule has 510 valence electrons. The number of benzene rings is 6. The van der Waals surface area contributed by atoms with Crippen molar-refractivity contribution in [1.29, 1.82) is 0 Å². The number of ether oxygens (including phenoxy) is 3. The molecule has 6 heterocycles. The maximum absolute atomic E-state index is 15.0. The van der Waals surface area contributed by atoms with Gasteiger partial charge in [-0.2, -0.15) is 0 Å². The Morgan fingerprint density at radius 1 is 0.414 bits per heavy atom. The van der Waals surface area contributed by atoms with Gasteiger partial charge in [-0.25, -0.2) is 43.1 Å². The summed E-state index contributed by atoms with van der Waals surface area (Å²) in [6, 6.07) is 35.4. The zero-order chi connectivity index (χ0) is 68.7. The van der Waals surface area contributed by atoms with E-state index in [1.165, 1.54) is 36.0 Å². The van der Waals surface area contributed by atoms with E-state index in [0.717, 1.165) is 155 Å². The monoisotopic (exact) mass is 1530 g/mol. The summed E-state index contributed by atoms with van der Waals surface area (Å²) in [7, 11) is 2.15. The van der Waals surface area contributed by atoms with Crippen LogP contribution in [0.25, 0.3) is 18.2 Å². The fourth-order valence-corrected chi connectivity index (χ4v) is 13.8. The molecule has 15 rings (SSSR count). The molecule has 0 atom stereocenters. The molecule has 6 aliphatic rings. The van der Waals surface area contributed by atoms with Crippen LogP contribution in [0.1, 0.15) is 61.1 Å². The van der Waals surface area contributed by atoms with Gasteiger partial charge in [-0.05, 0) is 209 Å². The van der Waals surface area contributed by atoms with E-state index in [4.69, 9.17) is 14.2 Å². The number of rotatable bonds is 16. The Kier molecular flexibility index (Phi) is 21.6. The zero-order valence-electron chi connectivity index (χ0n) is 55.6. The third-order valence-corrected chi connectivity index (χ3v) is 20.2. The zero-order valence-corrected chi connectivity index (χ0v) is 60.3. The second kappa shape index (κ2) is 31.1. The fourth-order valence-electron chi connectivity index (χ4n) is 12.6. The highest BCUT2D eigenvalue weighted by atomic mass is 79.9. The fraction of sp³-hybridized carbons (Fsp3) is 0.280. The smallest absolute Gasteiger partial charge is 0.239 e. The van der Waals surface area contributed by atoms with Gasteiger partial charge in [0.25, 0.3) is 0 Å². The van der Waals surface area contributed by atoms with Gasteiger partial charge in [0.05, 0.1) is 0 Å². The average molecular weight is 1530 g/mol. The summed E-state index contributed by atoms with van der Waals surface area (Å²) in [5, 5.41) is 13.2. The Morgan fingerprint density at radius 3 is 1.05 bits per heavy atom. The minimum absolute atomic E-state index is 0.139. The van der Waals surface area contributed by atoms with E-state index in [9.17, 15) is 13.2 Å². The van der Waals surface area contributed by atoms with Crippen LogP contribution >= 0.6 is 47.8 Å². The number of likely N-dealkylation sites (N-methyl/N-ethyl adjacent to an activating group) is 2. The number of nitrogens with one attached hydrogen (secondary N) is 4. The molecule has 4 N–H and O–H groups in total. The van der Waals surface area contributed by atoms with Gasteiger partial charge >= 0.3 is 0 Å². The van der Waals surface area contributed by atoms with Crippen LogP contribution in [0, 0.1) is 17.5 Å². The number of halogens is 6. The molecule has 6 aromatic carbocycles. The lowest BCUT2D eigenvalue weighted by Gasteiger charge is -2.35. The molecule has 0 spiro atoms. The number of aromatic nitrogens is 6. The van der Waals surface area contributed by atoms with E-state index in [1.54, 1.807) is 18.2 Å². The largest absolute Gasteiger partial charge is 0.435 e. The summed E-state index contributed by atoms with van der Waals surface area (Å²) in [6.45, 7) is 21.7. The van der Waals surface area contributed by atoms with E-state index >= 15 is 0 Å². The first-order chi connectivity index (χ1) is 48.1. The summed E-state index contributed by atoms with van der Waals surface area (Å²) in [4.78, 5) is 37.5. The highest BCUT2D eigenvalue weighted by Crippen LogP contribution is 2.42. The Morgan fingerprint density at radius 2 is 0.727 bits per heavy atom. The van der Waals surface area contributed by atoms with E-state index in [0.29, 0.717) is 47.6 Å². The summed E-state index contributed by atoms with van der Waals surface area (Å²) < 4.78 is 64.0. The van der Waals surface area contributed by atoms with Crippen LogP contribution in [0.2, 0.25) is 0 Å². The van der Waals surface area contributed by atoms with Crippen molar-refractivity contribution in [2.45, 2.75) is 47.0 Å². The van der Waals surface area contributed by atoms with Crippen molar-refractivity contribution in [1.82, 2.24) is 45.0 Å². The lowest BCUT2D eigenvalue weighted by Crippen LogP contribution is -2.46. The Bertz CT molecular complexity index is 4510. The van der Waals surface area contributed by atoms with Crippen molar-refractivity contribution < 1.29 is 27.4 Å². The van der Waals surface area contributed by atoms with E-state index in [2.05, 4.69) is 174 Å². The lowest BCUT2D eigenvalue weighted by atomic mass is 10.1. The number of hydrogen-bond donors (Lipinski definition) is 4. The molecule has 0 amide bonds. The molecule has 0 bridgehead atoms. The van der Waals surface area contributed by atoms with Gasteiger partial charge in [-0.1, -0.05) is 60.1 Å².